The number of benzene rings is 1. The molecule has 0 radical (unpaired) electrons. The van der Waals surface area contributed by atoms with Gasteiger partial charge in [0.1, 0.15) is 0 Å². The zero-order valence-electron chi connectivity index (χ0n) is 13.0. The number of piperidine rings is 1. The van der Waals surface area contributed by atoms with Gasteiger partial charge in [-0.15, -0.1) is 0 Å². The second-order valence-corrected chi connectivity index (χ2v) is 7.61. The van der Waals surface area contributed by atoms with Gasteiger partial charge in [-0.2, -0.15) is 4.31 Å². The number of carbonyl (C=O) groups excluding carboxylic acids is 1. The molecule has 0 bridgehead atoms. The van der Waals surface area contributed by atoms with Crippen LogP contribution in [0, 0.1) is 5.92 Å². The number of carbonyl (C=O) groups is 1. The van der Waals surface area contributed by atoms with Crippen molar-refractivity contribution in [3.63, 3.8) is 0 Å². The normalized spacial score (nSPS) is 19.8. The van der Waals surface area contributed by atoms with E-state index in [4.69, 9.17) is 0 Å². The summed E-state index contributed by atoms with van der Waals surface area (Å²) in [6.07, 6.45) is 3.05. The lowest BCUT2D eigenvalue weighted by Gasteiger charge is -2.31. The first-order valence-corrected chi connectivity index (χ1v) is 9.30. The molecular weight excluding hydrogens is 300 g/mol. The average molecular weight is 324 g/mol. The van der Waals surface area contributed by atoms with Crippen LogP contribution in [0.5, 0.6) is 0 Å². The van der Waals surface area contributed by atoms with Crippen LogP contribution >= 0.6 is 0 Å². The summed E-state index contributed by atoms with van der Waals surface area (Å²) < 4.78 is 26.8. The van der Waals surface area contributed by atoms with Crippen molar-refractivity contribution in [1.82, 2.24) is 9.62 Å². The maximum absolute atomic E-state index is 12.6. The van der Waals surface area contributed by atoms with Crippen LogP contribution < -0.4 is 5.32 Å². The van der Waals surface area contributed by atoms with Crippen molar-refractivity contribution in [2.75, 3.05) is 19.6 Å². The number of sulfonamides is 1. The van der Waals surface area contributed by atoms with E-state index in [1.165, 1.54) is 0 Å². The van der Waals surface area contributed by atoms with E-state index < -0.39 is 10.0 Å². The van der Waals surface area contributed by atoms with Crippen molar-refractivity contribution < 1.29 is 13.2 Å². The third kappa shape index (κ3) is 4.30. The summed E-state index contributed by atoms with van der Waals surface area (Å²) >= 11 is 0. The zero-order valence-corrected chi connectivity index (χ0v) is 13.8. The first-order valence-electron chi connectivity index (χ1n) is 7.86. The molecule has 1 aromatic rings. The van der Waals surface area contributed by atoms with Crippen molar-refractivity contribution in [2.24, 2.45) is 5.92 Å². The lowest BCUT2D eigenvalue weighted by molar-refractivity contribution is -0.121. The van der Waals surface area contributed by atoms with Crippen molar-refractivity contribution in [3.8, 4) is 0 Å². The lowest BCUT2D eigenvalue weighted by Crippen LogP contribution is -2.40. The molecule has 122 valence electrons. The molecule has 1 fully saturated rings. The van der Waals surface area contributed by atoms with Gasteiger partial charge in [-0.05, 0) is 44.2 Å². The molecule has 1 aliphatic rings. The van der Waals surface area contributed by atoms with Crippen LogP contribution in [0.3, 0.4) is 0 Å². The van der Waals surface area contributed by atoms with Crippen LogP contribution in [0.4, 0.5) is 0 Å². The number of amides is 1. The van der Waals surface area contributed by atoms with E-state index in [0.717, 1.165) is 19.3 Å². The Balaban J connectivity index is 1.97. The summed E-state index contributed by atoms with van der Waals surface area (Å²) in [6.45, 7) is 3.61. The second-order valence-electron chi connectivity index (χ2n) is 5.68. The van der Waals surface area contributed by atoms with E-state index in [9.17, 15) is 13.2 Å². The quantitative estimate of drug-likeness (QED) is 0.870. The minimum absolute atomic E-state index is 0.0468. The molecule has 1 aromatic carbocycles. The van der Waals surface area contributed by atoms with E-state index in [2.05, 4.69) is 5.32 Å². The van der Waals surface area contributed by atoms with Crippen LogP contribution in [0.2, 0.25) is 0 Å². The number of hydrogen-bond acceptors (Lipinski definition) is 3. The largest absolute Gasteiger partial charge is 0.356 e. The van der Waals surface area contributed by atoms with Gasteiger partial charge in [-0.25, -0.2) is 8.42 Å². The highest BCUT2D eigenvalue weighted by atomic mass is 32.2. The predicted molar refractivity (Wildman–Crippen MR) is 85.8 cm³/mol. The Kier molecular flexibility index (Phi) is 5.97. The molecule has 1 heterocycles. The van der Waals surface area contributed by atoms with Crippen molar-refractivity contribution >= 4 is 15.9 Å². The third-order valence-corrected chi connectivity index (χ3v) is 5.90. The van der Waals surface area contributed by atoms with Crippen LogP contribution in [0.25, 0.3) is 0 Å². The summed E-state index contributed by atoms with van der Waals surface area (Å²) in [6, 6.07) is 8.55. The Morgan fingerprint density at radius 1 is 1.32 bits per heavy atom. The van der Waals surface area contributed by atoms with Gasteiger partial charge in [0.2, 0.25) is 15.9 Å². The number of nitrogens with zero attached hydrogens (tertiary/aromatic N) is 1. The zero-order chi connectivity index (χ0) is 16.0. The van der Waals surface area contributed by atoms with Crippen LogP contribution in [0.1, 0.15) is 32.6 Å². The highest BCUT2D eigenvalue weighted by molar-refractivity contribution is 7.89. The van der Waals surface area contributed by atoms with E-state index >= 15 is 0 Å². The van der Waals surface area contributed by atoms with Gasteiger partial charge in [0.15, 0.2) is 0 Å². The van der Waals surface area contributed by atoms with E-state index in [0.29, 0.717) is 31.0 Å². The molecule has 22 heavy (non-hydrogen) atoms. The molecule has 5 nitrogen and oxygen atoms in total. The molecule has 1 N–H and O–H groups in total. The maximum atomic E-state index is 12.6. The number of rotatable bonds is 6. The summed E-state index contributed by atoms with van der Waals surface area (Å²) in [7, 11) is -3.41. The monoisotopic (exact) mass is 324 g/mol. The first kappa shape index (κ1) is 17.0. The molecule has 2 rings (SSSR count). The molecule has 0 aromatic heterocycles. The fraction of sp³-hybridized carbons (Fsp3) is 0.562. The molecule has 6 heteroatoms. The first-order chi connectivity index (χ1) is 10.5. The van der Waals surface area contributed by atoms with Crippen LogP contribution in [0.15, 0.2) is 35.2 Å². The van der Waals surface area contributed by atoms with Gasteiger partial charge < -0.3 is 5.32 Å². The Morgan fingerprint density at radius 3 is 2.73 bits per heavy atom. The van der Waals surface area contributed by atoms with E-state index in [1.807, 2.05) is 13.0 Å². The minimum atomic E-state index is -3.41. The van der Waals surface area contributed by atoms with Gasteiger partial charge in [-0.1, -0.05) is 18.2 Å². The molecular formula is C16H24N2O3S. The third-order valence-electron chi connectivity index (χ3n) is 4.02. The van der Waals surface area contributed by atoms with Crippen molar-refractivity contribution in [2.45, 2.75) is 37.5 Å². The molecule has 1 amide bonds. The van der Waals surface area contributed by atoms with Crippen molar-refractivity contribution in [3.05, 3.63) is 30.3 Å². The minimum Gasteiger partial charge on any atom is -0.356 e. The molecule has 1 aliphatic heterocycles. The standard InChI is InChI=1S/C16H24N2O3S/c1-2-17-16(19)11-10-14-7-6-12-18(13-14)22(20,21)15-8-4-3-5-9-15/h3-5,8-9,14H,2,6-7,10-13H2,1H3,(H,17,19). The number of hydrogen-bond donors (Lipinski definition) is 1. The van der Waals surface area contributed by atoms with E-state index in [-0.39, 0.29) is 11.8 Å². The fourth-order valence-corrected chi connectivity index (χ4v) is 4.42. The summed E-state index contributed by atoms with van der Waals surface area (Å²) in [4.78, 5) is 11.9. The molecule has 1 unspecified atom stereocenters. The second kappa shape index (κ2) is 7.74. The highest BCUT2D eigenvalue weighted by Crippen LogP contribution is 2.26. The Hall–Kier alpha value is -1.40. The maximum Gasteiger partial charge on any atom is 0.243 e. The molecule has 0 saturated carbocycles. The van der Waals surface area contributed by atoms with Crippen LogP contribution in [-0.4, -0.2) is 38.3 Å². The summed E-state index contributed by atoms with van der Waals surface area (Å²) in [5.74, 6) is 0.306. The topological polar surface area (TPSA) is 66.5 Å². The van der Waals surface area contributed by atoms with Crippen molar-refractivity contribution in [1.29, 1.82) is 0 Å². The molecule has 1 saturated heterocycles. The molecule has 1 atom stereocenters. The van der Waals surface area contributed by atoms with Gasteiger partial charge >= 0.3 is 0 Å². The average Bonchev–Trinajstić information content (AvgIpc) is 2.54. The van der Waals surface area contributed by atoms with Gasteiger partial charge in [-0.3, -0.25) is 4.79 Å². The summed E-state index contributed by atoms with van der Waals surface area (Å²) in [5, 5.41) is 2.78. The lowest BCUT2D eigenvalue weighted by atomic mass is 9.94. The predicted octanol–water partition coefficient (Wildman–Crippen LogP) is 2.00. The Morgan fingerprint density at radius 2 is 2.05 bits per heavy atom. The Bertz CT molecular complexity index is 587. The SMILES string of the molecule is CCNC(=O)CCC1CCCN(S(=O)(=O)c2ccccc2)C1. The number of nitrogens with one attached hydrogen (secondary N) is 1. The summed E-state index contributed by atoms with van der Waals surface area (Å²) in [5.41, 5.74) is 0. The van der Waals surface area contributed by atoms with E-state index in [1.54, 1.807) is 28.6 Å². The molecule has 0 spiro atoms. The smallest absolute Gasteiger partial charge is 0.243 e. The highest BCUT2D eigenvalue weighted by Gasteiger charge is 2.30. The van der Waals surface area contributed by atoms with Gasteiger partial charge in [0.25, 0.3) is 0 Å². The Labute approximate surface area is 132 Å². The van der Waals surface area contributed by atoms with Gasteiger partial charge in [0.05, 0.1) is 4.90 Å². The van der Waals surface area contributed by atoms with Gasteiger partial charge in [0, 0.05) is 26.1 Å². The fourth-order valence-electron chi connectivity index (χ4n) is 2.84. The van der Waals surface area contributed by atoms with Crippen LogP contribution in [-0.2, 0) is 14.8 Å². The molecule has 0 aliphatic carbocycles.